The molecule has 1 heterocycles. The highest BCUT2D eigenvalue weighted by atomic mass is 35.5. The predicted octanol–water partition coefficient (Wildman–Crippen LogP) is 6.61. The highest BCUT2D eigenvalue weighted by Crippen LogP contribution is 2.43. The van der Waals surface area contributed by atoms with E-state index in [9.17, 15) is 10.1 Å². The monoisotopic (exact) mass is 471 g/mol. The van der Waals surface area contributed by atoms with Crippen molar-refractivity contribution in [3.05, 3.63) is 123 Å². The van der Waals surface area contributed by atoms with Crippen LogP contribution in [0.25, 0.3) is 0 Å². The predicted molar refractivity (Wildman–Crippen MR) is 135 cm³/mol. The van der Waals surface area contributed by atoms with E-state index >= 15 is 0 Å². The van der Waals surface area contributed by atoms with Crippen LogP contribution in [0.2, 0.25) is 5.02 Å². The molecule has 0 aliphatic carbocycles. The maximum absolute atomic E-state index is 13.4. The summed E-state index contributed by atoms with van der Waals surface area (Å²) in [7, 11) is 0. The Bertz CT molecular complexity index is 1260. The number of amides is 1. The standard InChI is InChI=1S/C27H22ClN3OS/c1-18-24(26(32)31-20-12-6-3-7-13-20)25(21-14-8-9-15-23(21)28)22(16-29)27(30-18)33-17-19-10-4-2-5-11-19/h2-15,25,30H,17H2,1H3,(H,31,32)/t25-/m1/s1. The number of halogens is 1. The average Bonchev–Trinajstić information content (AvgIpc) is 2.84. The summed E-state index contributed by atoms with van der Waals surface area (Å²) >= 11 is 8.11. The molecule has 2 N–H and O–H groups in total. The van der Waals surface area contributed by atoms with E-state index in [1.807, 2.05) is 73.7 Å². The largest absolute Gasteiger partial charge is 0.353 e. The molecule has 33 heavy (non-hydrogen) atoms. The lowest BCUT2D eigenvalue weighted by atomic mass is 9.82. The fourth-order valence-electron chi connectivity index (χ4n) is 3.80. The van der Waals surface area contributed by atoms with Gasteiger partial charge in [0.25, 0.3) is 5.91 Å². The zero-order valence-electron chi connectivity index (χ0n) is 18.0. The molecular formula is C27H22ClN3OS. The molecule has 3 aromatic rings. The number of thioether (sulfide) groups is 1. The summed E-state index contributed by atoms with van der Waals surface area (Å²) in [6.07, 6.45) is 0. The molecule has 0 saturated heterocycles. The van der Waals surface area contributed by atoms with Crippen LogP contribution in [0.1, 0.15) is 24.0 Å². The van der Waals surface area contributed by atoms with E-state index in [1.54, 1.807) is 17.8 Å². The molecule has 0 fully saturated rings. The van der Waals surface area contributed by atoms with Gasteiger partial charge in [0.1, 0.15) is 0 Å². The Labute approximate surface area is 203 Å². The third-order valence-corrected chi connectivity index (χ3v) is 6.80. The van der Waals surface area contributed by atoms with Gasteiger partial charge in [0.15, 0.2) is 0 Å². The first kappa shape index (κ1) is 22.7. The molecule has 0 unspecified atom stereocenters. The molecule has 0 radical (unpaired) electrons. The van der Waals surface area contributed by atoms with Gasteiger partial charge in [-0.15, -0.1) is 11.8 Å². The van der Waals surface area contributed by atoms with E-state index < -0.39 is 5.92 Å². The Morgan fingerprint density at radius 1 is 1.03 bits per heavy atom. The van der Waals surface area contributed by atoms with Gasteiger partial charge in [0.05, 0.1) is 22.6 Å². The molecule has 1 aliphatic heterocycles. The summed E-state index contributed by atoms with van der Waals surface area (Å²) in [5.41, 5.74) is 4.22. The second kappa shape index (κ2) is 10.4. The maximum Gasteiger partial charge on any atom is 0.254 e. The van der Waals surface area contributed by atoms with Gasteiger partial charge in [-0.1, -0.05) is 78.3 Å². The Kier molecular flexibility index (Phi) is 7.19. The summed E-state index contributed by atoms with van der Waals surface area (Å²) < 4.78 is 0. The Morgan fingerprint density at radius 2 is 1.67 bits per heavy atom. The van der Waals surface area contributed by atoms with Crippen molar-refractivity contribution in [3.63, 3.8) is 0 Å². The van der Waals surface area contributed by atoms with E-state index in [4.69, 9.17) is 11.6 Å². The minimum absolute atomic E-state index is 0.268. The van der Waals surface area contributed by atoms with Gasteiger partial charge in [0.2, 0.25) is 0 Å². The molecule has 0 spiro atoms. The summed E-state index contributed by atoms with van der Waals surface area (Å²) in [4.78, 5) is 13.4. The van der Waals surface area contributed by atoms with Gasteiger partial charge < -0.3 is 10.6 Å². The van der Waals surface area contributed by atoms with Crippen molar-refractivity contribution in [2.75, 3.05) is 5.32 Å². The third-order valence-electron chi connectivity index (χ3n) is 5.37. The van der Waals surface area contributed by atoms with Crippen LogP contribution in [0, 0.1) is 11.3 Å². The van der Waals surface area contributed by atoms with Crippen molar-refractivity contribution in [3.8, 4) is 6.07 Å². The fourth-order valence-corrected chi connectivity index (χ4v) is 5.09. The quantitative estimate of drug-likeness (QED) is 0.424. The number of dihydropyridines is 1. The number of carbonyl (C=O) groups is 1. The van der Waals surface area contributed by atoms with Crippen molar-refractivity contribution in [1.29, 1.82) is 5.26 Å². The molecule has 4 rings (SSSR count). The molecule has 3 aromatic carbocycles. The summed E-state index contributed by atoms with van der Waals surface area (Å²) in [5, 5.41) is 17.7. The molecular weight excluding hydrogens is 450 g/mol. The van der Waals surface area contributed by atoms with Crippen LogP contribution in [-0.4, -0.2) is 5.91 Å². The molecule has 1 amide bonds. The second-order valence-corrected chi connectivity index (χ2v) is 8.96. The van der Waals surface area contributed by atoms with Crippen molar-refractivity contribution < 1.29 is 4.79 Å². The Balaban J connectivity index is 1.74. The number of carbonyl (C=O) groups excluding carboxylic acids is 1. The zero-order valence-corrected chi connectivity index (χ0v) is 19.6. The summed E-state index contributed by atoms with van der Waals surface area (Å²) in [6.45, 7) is 1.86. The van der Waals surface area contributed by atoms with Crippen LogP contribution in [-0.2, 0) is 10.5 Å². The zero-order chi connectivity index (χ0) is 23.2. The maximum atomic E-state index is 13.4. The first-order valence-corrected chi connectivity index (χ1v) is 11.8. The van der Waals surface area contributed by atoms with Crippen molar-refractivity contribution >= 4 is 35.0 Å². The molecule has 0 saturated carbocycles. The topological polar surface area (TPSA) is 64.9 Å². The molecule has 0 aromatic heterocycles. The fraction of sp³-hybridized carbons (Fsp3) is 0.111. The van der Waals surface area contributed by atoms with E-state index in [1.165, 1.54) is 0 Å². The van der Waals surface area contributed by atoms with Crippen molar-refractivity contribution in [1.82, 2.24) is 5.32 Å². The smallest absolute Gasteiger partial charge is 0.254 e. The molecule has 164 valence electrons. The van der Waals surface area contributed by atoms with E-state index in [0.717, 1.165) is 16.2 Å². The Morgan fingerprint density at radius 3 is 2.33 bits per heavy atom. The van der Waals surface area contributed by atoms with Gasteiger partial charge in [-0.25, -0.2) is 0 Å². The number of nitriles is 1. The van der Waals surface area contributed by atoms with Crippen LogP contribution in [0.4, 0.5) is 5.69 Å². The molecule has 1 aliphatic rings. The van der Waals surface area contributed by atoms with Crippen LogP contribution < -0.4 is 10.6 Å². The lowest BCUT2D eigenvalue weighted by molar-refractivity contribution is -0.113. The number of nitrogens with zero attached hydrogens (tertiary/aromatic N) is 1. The lowest BCUT2D eigenvalue weighted by Gasteiger charge is -2.30. The van der Waals surface area contributed by atoms with Crippen LogP contribution >= 0.6 is 23.4 Å². The summed E-state index contributed by atoms with van der Waals surface area (Å²) in [6, 6.07) is 29.1. The average molecular weight is 472 g/mol. The lowest BCUT2D eigenvalue weighted by Crippen LogP contribution is -2.30. The highest BCUT2D eigenvalue weighted by Gasteiger charge is 2.35. The minimum Gasteiger partial charge on any atom is -0.353 e. The SMILES string of the molecule is CC1=C(C(=O)Nc2ccccc2)[C@H](c2ccccc2Cl)C(C#N)=C(SCc2ccccc2)N1. The number of benzene rings is 3. The van der Waals surface area contributed by atoms with E-state index in [-0.39, 0.29) is 5.91 Å². The van der Waals surface area contributed by atoms with Crippen molar-refractivity contribution in [2.24, 2.45) is 0 Å². The van der Waals surface area contributed by atoms with Gasteiger partial charge in [0, 0.05) is 27.7 Å². The van der Waals surface area contributed by atoms with Crippen LogP contribution in [0.3, 0.4) is 0 Å². The first-order valence-electron chi connectivity index (χ1n) is 10.5. The number of para-hydroxylation sites is 1. The number of hydrogen-bond acceptors (Lipinski definition) is 4. The van der Waals surface area contributed by atoms with Gasteiger partial charge in [-0.2, -0.15) is 5.26 Å². The minimum atomic E-state index is -0.577. The number of rotatable bonds is 6. The molecule has 1 atom stereocenters. The van der Waals surface area contributed by atoms with Gasteiger partial charge in [-0.3, -0.25) is 4.79 Å². The molecule has 4 nitrogen and oxygen atoms in total. The van der Waals surface area contributed by atoms with Crippen molar-refractivity contribution in [2.45, 2.75) is 18.6 Å². The third kappa shape index (κ3) is 5.14. The number of anilines is 1. The molecule has 6 heteroatoms. The number of allylic oxidation sites excluding steroid dienone is 2. The number of hydrogen-bond donors (Lipinski definition) is 2. The van der Waals surface area contributed by atoms with Gasteiger partial charge in [-0.05, 0) is 36.2 Å². The summed E-state index contributed by atoms with van der Waals surface area (Å²) in [5.74, 6) is -0.148. The first-order chi connectivity index (χ1) is 16.1. The van der Waals surface area contributed by atoms with E-state index in [0.29, 0.717) is 33.3 Å². The molecule has 0 bridgehead atoms. The highest BCUT2D eigenvalue weighted by molar-refractivity contribution is 8.02. The van der Waals surface area contributed by atoms with Crippen LogP contribution in [0.5, 0.6) is 0 Å². The Hall–Kier alpha value is -3.46. The normalized spacial score (nSPS) is 15.6. The van der Waals surface area contributed by atoms with E-state index in [2.05, 4.69) is 28.8 Å². The van der Waals surface area contributed by atoms with Gasteiger partial charge >= 0.3 is 0 Å². The second-order valence-electron chi connectivity index (χ2n) is 7.57. The number of nitrogens with one attached hydrogen (secondary N) is 2. The van der Waals surface area contributed by atoms with Crippen LogP contribution in [0.15, 0.2) is 107 Å².